The Morgan fingerprint density at radius 3 is 2.32 bits per heavy atom. The van der Waals surface area contributed by atoms with Gasteiger partial charge in [0, 0.05) is 32.6 Å². The standard InChI is InChI=1S/C13H27N3O3/c1-11(2)10-16(9-8-15(3)4)13(19)14-7-5-6-12(17)18/h11H,5-10H2,1-4H3,(H,14,19)(H,17,18). The average molecular weight is 273 g/mol. The van der Waals surface area contributed by atoms with E-state index in [0.717, 1.165) is 6.54 Å². The number of carboxylic acid groups (broad SMARTS) is 1. The Balaban J connectivity index is 4.10. The molecule has 0 aromatic rings. The van der Waals surface area contributed by atoms with Gasteiger partial charge in [-0.15, -0.1) is 0 Å². The summed E-state index contributed by atoms with van der Waals surface area (Å²) in [6, 6.07) is -0.110. The molecule has 0 unspecified atom stereocenters. The van der Waals surface area contributed by atoms with Gasteiger partial charge in [-0.05, 0) is 26.4 Å². The van der Waals surface area contributed by atoms with Crippen molar-refractivity contribution < 1.29 is 14.7 Å². The number of nitrogens with zero attached hydrogens (tertiary/aromatic N) is 2. The molecule has 0 bridgehead atoms. The molecule has 2 N–H and O–H groups in total. The Bertz CT molecular complexity index is 280. The minimum absolute atomic E-state index is 0.0855. The SMILES string of the molecule is CC(C)CN(CCN(C)C)C(=O)NCCCC(=O)O. The highest BCUT2D eigenvalue weighted by Crippen LogP contribution is 2.00. The fourth-order valence-corrected chi connectivity index (χ4v) is 1.58. The minimum Gasteiger partial charge on any atom is -0.481 e. The van der Waals surface area contributed by atoms with E-state index in [4.69, 9.17) is 5.11 Å². The van der Waals surface area contributed by atoms with Gasteiger partial charge >= 0.3 is 12.0 Å². The summed E-state index contributed by atoms with van der Waals surface area (Å²) in [4.78, 5) is 26.2. The number of urea groups is 1. The summed E-state index contributed by atoms with van der Waals surface area (Å²) in [5, 5.41) is 11.3. The normalized spacial score (nSPS) is 10.8. The number of carboxylic acids is 1. The molecular weight excluding hydrogens is 246 g/mol. The zero-order valence-electron chi connectivity index (χ0n) is 12.5. The molecule has 0 aliphatic carbocycles. The molecule has 0 heterocycles. The third-order valence-corrected chi connectivity index (χ3v) is 2.53. The summed E-state index contributed by atoms with van der Waals surface area (Å²) < 4.78 is 0. The van der Waals surface area contributed by atoms with Crippen LogP contribution in [0.1, 0.15) is 26.7 Å². The van der Waals surface area contributed by atoms with Crippen molar-refractivity contribution in [2.75, 3.05) is 40.3 Å². The van der Waals surface area contributed by atoms with Crippen LogP contribution in [0, 0.1) is 5.92 Å². The first kappa shape index (κ1) is 17.7. The lowest BCUT2D eigenvalue weighted by Crippen LogP contribution is -2.45. The molecule has 19 heavy (non-hydrogen) atoms. The number of carbonyl (C=O) groups excluding carboxylic acids is 1. The molecule has 6 heteroatoms. The zero-order valence-corrected chi connectivity index (χ0v) is 12.5. The van der Waals surface area contributed by atoms with Crippen LogP contribution >= 0.6 is 0 Å². The summed E-state index contributed by atoms with van der Waals surface area (Å²) in [7, 11) is 3.94. The van der Waals surface area contributed by atoms with Crippen molar-refractivity contribution in [3.63, 3.8) is 0 Å². The van der Waals surface area contributed by atoms with Crippen LogP contribution in [0.2, 0.25) is 0 Å². The number of likely N-dealkylation sites (N-methyl/N-ethyl adjacent to an activating group) is 1. The van der Waals surface area contributed by atoms with Gasteiger partial charge in [0.1, 0.15) is 0 Å². The third-order valence-electron chi connectivity index (χ3n) is 2.53. The summed E-state index contributed by atoms with van der Waals surface area (Å²) >= 11 is 0. The molecular formula is C13H27N3O3. The average Bonchev–Trinajstić information content (AvgIpc) is 2.28. The number of nitrogens with one attached hydrogen (secondary N) is 1. The summed E-state index contributed by atoms with van der Waals surface area (Å²) in [6.45, 7) is 6.74. The maximum absolute atomic E-state index is 12.0. The molecule has 0 aromatic carbocycles. The number of amides is 2. The van der Waals surface area contributed by atoms with Gasteiger partial charge in [0.25, 0.3) is 0 Å². The lowest BCUT2D eigenvalue weighted by Gasteiger charge is -2.26. The van der Waals surface area contributed by atoms with Crippen molar-refractivity contribution in [3.8, 4) is 0 Å². The fraction of sp³-hybridized carbons (Fsp3) is 0.846. The number of aliphatic carboxylic acids is 1. The van der Waals surface area contributed by atoms with E-state index in [9.17, 15) is 9.59 Å². The highest BCUT2D eigenvalue weighted by molar-refractivity contribution is 5.74. The van der Waals surface area contributed by atoms with Crippen LogP contribution in [-0.2, 0) is 4.79 Å². The van der Waals surface area contributed by atoms with Crippen molar-refractivity contribution in [2.45, 2.75) is 26.7 Å². The van der Waals surface area contributed by atoms with Gasteiger partial charge in [0.2, 0.25) is 0 Å². The van der Waals surface area contributed by atoms with Crippen LogP contribution in [0.4, 0.5) is 4.79 Å². The van der Waals surface area contributed by atoms with Gasteiger partial charge < -0.3 is 20.2 Å². The molecule has 0 fully saturated rings. The number of rotatable bonds is 9. The van der Waals surface area contributed by atoms with Gasteiger partial charge in [-0.3, -0.25) is 4.79 Å². The lowest BCUT2D eigenvalue weighted by molar-refractivity contribution is -0.137. The first-order valence-corrected chi connectivity index (χ1v) is 6.72. The fourth-order valence-electron chi connectivity index (χ4n) is 1.58. The maximum Gasteiger partial charge on any atom is 0.317 e. The van der Waals surface area contributed by atoms with E-state index >= 15 is 0 Å². The van der Waals surface area contributed by atoms with Crippen molar-refractivity contribution in [1.82, 2.24) is 15.1 Å². The van der Waals surface area contributed by atoms with E-state index in [-0.39, 0.29) is 12.5 Å². The Hall–Kier alpha value is -1.30. The second-order valence-electron chi connectivity index (χ2n) is 5.37. The lowest BCUT2D eigenvalue weighted by atomic mass is 10.2. The monoisotopic (exact) mass is 273 g/mol. The molecule has 0 aromatic heterocycles. The van der Waals surface area contributed by atoms with Crippen LogP contribution in [0.25, 0.3) is 0 Å². The zero-order chi connectivity index (χ0) is 14.8. The van der Waals surface area contributed by atoms with Gasteiger partial charge in [0.05, 0.1) is 0 Å². The largest absolute Gasteiger partial charge is 0.481 e. The highest BCUT2D eigenvalue weighted by Gasteiger charge is 2.14. The van der Waals surface area contributed by atoms with Crippen LogP contribution in [0.5, 0.6) is 0 Å². The van der Waals surface area contributed by atoms with Crippen molar-refractivity contribution >= 4 is 12.0 Å². The van der Waals surface area contributed by atoms with Crippen molar-refractivity contribution in [3.05, 3.63) is 0 Å². The quantitative estimate of drug-likeness (QED) is 0.617. The van der Waals surface area contributed by atoms with Crippen molar-refractivity contribution in [2.24, 2.45) is 5.92 Å². The van der Waals surface area contributed by atoms with Crippen LogP contribution < -0.4 is 5.32 Å². The second kappa shape index (κ2) is 9.61. The molecule has 0 spiro atoms. The predicted molar refractivity (Wildman–Crippen MR) is 75.2 cm³/mol. The smallest absolute Gasteiger partial charge is 0.317 e. The van der Waals surface area contributed by atoms with E-state index < -0.39 is 5.97 Å². The first-order valence-electron chi connectivity index (χ1n) is 6.72. The predicted octanol–water partition coefficient (Wildman–Crippen LogP) is 1.08. The van der Waals surface area contributed by atoms with Crippen LogP contribution in [0.15, 0.2) is 0 Å². The van der Waals surface area contributed by atoms with Crippen LogP contribution in [0.3, 0.4) is 0 Å². The Labute approximate surface area is 115 Å². The second-order valence-corrected chi connectivity index (χ2v) is 5.37. The van der Waals surface area contributed by atoms with Gasteiger partial charge in [0.15, 0.2) is 0 Å². The van der Waals surface area contributed by atoms with Gasteiger partial charge in [-0.2, -0.15) is 0 Å². The van der Waals surface area contributed by atoms with E-state index in [1.54, 1.807) is 4.90 Å². The molecule has 6 nitrogen and oxygen atoms in total. The molecule has 0 rings (SSSR count). The summed E-state index contributed by atoms with van der Waals surface area (Å²) in [5.41, 5.74) is 0. The van der Waals surface area contributed by atoms with E-state index in [0.29, 0.717) is 32.0 Å². The van der Waals surface area contributed by atoms with Crippen molar-refractivity contribution in [1.29, 1.82) is 0 Å². The summed E-state index contributed by atoms with van der Waals surface area (Å²) in [6.07, 6.45) is 0.548. The van der Waals surface area contributed by atoms with E-state index in [1.165, 1.54) is 0 Å². The summed E-state index contributed by atoms with van der Waals surface area (Å²) in [5.74, 6) is -0.423. The molecule has 0 saturated carbocycles. The molecule has 0 radical (unpaired) electrons. The number of hydrogen-bond acceptors (Lipinski definition) is 3. The molecule has 0 aliphatic heterocycles. The Kier molecular flexibility index (Phi) is 8.95. The highest BCUT2D eigenvalue weighted by atomic mass is 16.4. The van der Waals surface area contributed by atoms with E-state index in [2.05, 4.69) is 19.2 Å². The minimum atomic E-state index is -0.833. The maximum atomic E-state index is 12.0. The molecule has 112 valence electrons. The van der Waals surface area contributed by atoms with Crippen LogP contribution in [-0.4, -0.2) is 67.2 Å². The Morgan fingerprint density at radius 2 is 1.84 bits per heavy atom. The molecule has 0 saturated heterocycles. The number of hydrogen-bond donors (Lipinski definition) is 2. The molecule has 2 amide bonds. The third kappa shape index (κ3) is 10.3. The number of carbonyl (C=O) groups is 2. The molecule has 0 atom stereocenters. The topological polar surface area (TPSA) is 72.9 Å². The van der Waals surface area contributed by atoms with E-state index in [1.807, 2.05) is 19.0 Å². The Morgan fingerprint density at radius 1 is 1.21 bits per heavy atom. The van der Waals surface area contributed by atoms with Gasteiger partial charge in [-0.1, -0.05) is 13.8 Å². The first-order chi connectivity index (χ1) is 8.82. The van der Waals surface area contributed by atoms with Gasteiger partial charge in [-0.25, -0.2) is 4.79 Å². The molecule has 0 aliphatic rings.